The summed E-state index contributed by atoms with van der Waals surface area (Å²) < 4.78 is 0.485. The Labute approximate surface area is 247 Å². The number of thioether (sulfide) groups is 2. The summed E-state index contributed by atoms with van der Waals surface area (Å²) in [7, 11) is 0. The Morgan fingerprint density at radius 3 is 1.50 bits per heavy atom. The van der Waals surface area contributed by atoms with Crippen molar-refractivity contribution >= 4 is 115 Å². The fourth-order valence-electron chi connectivity index (χ4n) is 3.46. The summed E-state index contributed by atoms with van der Waals surface area (Å²) in [6.07, 6.45) is -0.0101. The van der Waals surface area contributed by atoms with E-state index in [1.54, 1.807) is 48.5 Å². The maximum Gasteiger partial charge on any atom is 0.267 e. The molecular formula is C24H18Cl2N4O4S4. The van der Waals surface area contributed by atoms with E-state index in [0.29, 0.717) is 21.4 Å². The van der Waals surface area contributed by atoms with Gasteiger partial charge in [-0.3, -0.25) is 29.0 Å². The van der Waals surface area contributed by atoms with Gasteiger partial charge >= 0.3 is 0 Å². The molecule has 14 heteroatoms. The fraction of sp³-hybridized carbons (Fsp3) is 0.167. The molecule has 0 radical (unpaired) electrons. The predicted molar refractivity (Wildman–Crippen MR) is 160 cm³/mol. The first kappa shape index (κ1) is 28.5. The van der Waals surface area contributed by atoms with Gasteiger partial charge in [-0.15, -0.1) is 0 Å². The molecule has 196 valence electrons. The lowest BCUT2D eigenvalue weighted by Gasteiger charge is -2.15. The van der Waals surface area contributed by atoms with Gasteiger partial charge in [0.15, 0.2) is 0 Å². The van der Waals surface area contributed by atoms with Crippen LogP contribution in [-0.2, 0) is 19.2 Å². The molecule has 0 bridgehead atoms. The summed E-state index contributed by atoms with van der Waals surface area (Å²) in [5, 5.41) is 6.41. The van der Waals surface area contributed by atoms with Gasteiger partial charge in [-0.2, -0.15) is 0 Å². The van der Waals surface area contributed by atoms with Crippen molar-refractivity contribution in [2.75, 3.05) is 23.7 Å². The largest absolute Gasteiger partial charge is 0.326 e. The van der Waals surface area contributed by atoms with E-state index in [4.69, 9.17) is 47.6 Å². The van der Waals surface area contributed by atoms with Crippen molar-refractivity contribution in [3.05, 3.63) is 68.4 Å². The minimum Gasteiger partial charge on any atom is -0.326 e. The van der Waals surface area contributed by atoms with E-state index >= 15 is 0 Å². The van der Waals surface area contributed by atoms with E-state index in [0.717, 1.165) is 23.5 Å². The van der Waals surface area contributed by atoms with Gasteiger partial charge in [0, 0.05) is 47.4 Å². The molecule has 4 amide bonds. The highest BCUT2D eigenvalue weighted by atomic mass is 35.5. The Morgan fingerprint density at radius 2 is 1.13 bits per heavy atom. The van der Waals surface area contributed by atoms with Gasteiger partial charge in [-0.25, -0.2) is 0 Å². The van der Waals surface area contributed by atoms with Crippen LogP contribution in [0.15, 0.2) is 58.3 Å². The third kappa shape index (κ3) is 6.93. The van der Waals surface area contributed by atoms with Crippen molar-refractivity contribution < 1.29 is 19.2 Å². The molecule has 0 spiro atoms. The van der Waals surface area contributed by atoms with Crippen molar-refractivity contribution in [2.45, 2.75) is 12.8 Å². The van der Waals surface area contributed by atoms with Gasteiger partial charge in [-0.05, 0) is 36.4 Å². The van der Waals surface area contributed by atoms with E-state index in [-0.39, 0.29) is 56.2 Å². The lowest BCUT2D eigenvalue weighted by atomic mass is 10.3. The van der Waals surface area contributed by atoms with Crippen molar-refractivity contribution in [3.8, 4) is 0 Å². The first-order valence-corrected chi connectivity index (χ1v) is 14.3. The second-order valence-corrected chi connectivity index (χ2v) is 12.1. The fourth-order valence-corrected chi connectivity index (χ4v) is 6.61. The number of rotatable bonds is 8. The van der Waals surface area contributed by atoms with Crippen LogP contribution in [0.2, 0.25) is 10.0 Å². The van der Waals surface area contributed by atoms with Crippen LogP contribution in [0, 0.1) is 0 Å². The Hall–Kier alpha value is -2.48. The zero-order valence-corrected chi connectivity index (χ0v) is 24.1. The molecule has 2 fully saturated rings. The lowest BCUT2D eigenvalue weighted by molar-refractivity contribution is -0.125. The molecule has 2 heterocycles. The summed E-state index contributed by atoms with van der Waals surface area (Å²) in [6.45, 7) is 0.0923. The van der Waals surface area contributed by atoms with Crippen LogP contribution in [0.5, 0.6) is 0 Å². The van der Waals surface area contributed by atoms with Crippen molar-refractivity contribution in [2.24, 2.45) is 0 Å². The number of benzene rings is 2. The number of halogens is 2. The van der Waals surface area contributed by atoms with E-state index < -0.39 is 11.8 Å². The zero-order chi connectivity index (χ0) is 27.4. The molecule has 8 nitrogen and oxygen atoms in total. The first-order valence-electron chi connectivity index (χ1n) is 11.0. The van der Waals surface area contributed by atoms with Crippen LogP contribution in [0.4, 0.5) is 11.4 Å². The SMILES string of the molecule is O=C(CCN1C(=O)/C(=C2\SC(=S)N(CCC(=O)Nc3cccc(Cl)c3)C2=O)SC1=S)Nc1cccc(Cl)c1. The minimum atomic E-state index is -0.463. The zero-order valence-electron chi connectivity index (χ0n) is 19.4. The molecule has 0 aliphatic carbocycles. The van der Waals surface area contributed by atoms with Crippen molar-refractivity contribution in [1.29, 1.82) is 0 Å². The van der Waals surface area contributed by atoms with Crippen LogP contribution < -0.4 is 10.6 Å². The average molecular weight is 626 g/mol. The number of hydrogen-bond donors (Lipinski definition) is 2. The molecule has 4 rings (SSSR count). The highest BCUT2D eigenvalue weighted by molar-refractivity contribution is 8.29. The monoisotopic (exact) mass is 624 g/mol. The third-order valence-electron chi connectivity index (χ3n) is 5.25. The van der Waals surface area contributed by atoms with Gasteiger partial charge in [0.2, 0.25) is 11.8 Å². The number of carbonyl (C=O) groups excluding carboxylic acids is 4. The van der Waals surface area contributed by atoms with Gasteiger partial charge < -0.3 is 10.6 Å². The summed E-state index contributed by atoms with van der Waals surface area (Å²) in [5.41, 5.74) is 1.08. The molecular weight excluding hydrogens is 607 g/mol. The van der Waals surface area contributed by atoms with Gasteiger partial charge in [-0.1, -0.05) is 83.3 Å². The van der Waals surface area contributed by atoms with Crippen LogP contribution >= 0.6 is 71.2 Å². The number of amides is 4. The highest BCUT2D eigenvalue weighted by Crippen LogP contribution is 2.42. The quantitative estimate of drug-likeness (QED) is 0.302. The number of hydrogen-bond acceptors (Lipinski definition) is 8. The van der Waals surface area contributed by atoms with Gasteiger partial charge in [0.25, 0.3) is 11.8 Å². The molecule has 2 aliphatic heterocycles. The Bertz CT molecular complexity index is 1300. The second kappa shape index (κ2) is 12.6. The van der Waals surface area contributed by atoms with Crippen molar-refractivity contribution in [1.82, 2.24) is 9.80 Å². The standard InChI is InChI=1S/C24H18Cl2N4O4S4/c25-13-3-1-5-15(11-13)27-17(31)7-9-29-21(33)19(37-23(29)35)20-22(34)30(24(36)38-20)10-8-18(32)28-16-6-2-4-14(26)12-16/h1-6,11-12H,7-10H2,(H,27,31)(H,28,32)/b20-19+. The number of nitrogens with one attached hydrogen (secondary N) is 2. The lowest BCUT2D eigenvalue weighted by Crippen LogP contribution is -2.33. The Kier molecular flexibility index (Phi) is 9.45. The molecule has 0 atom stereocenters. The number of anilines is 2. The van der Waals surface area contributed by atoms with Crippen LogP contribution in [-0.4, -0.2) is 55.2 Å². The number of carbonyl (C=O) groups is 4. The second-order valence-electron chi connectivity index (χ2n) is 7.92. The van der Waals surface area contributed by atoms with Crippen LogP contribution in [0.3, 0.4) is 0 Å². The molecule has 38 heavy (non-hydrogen) atoms. The van der Waals surface area contributed by atoms with Gasteiger partial charge in [0.1, 0.15) is 8.64 Å². The first-order chi connectivity index (χ1) is 18.1. The molecule has 0 saturated carbocycles. The van der Waals surface area contributed by atoms with Gasteiger partial charge in [0.05, 0.1) is 9.81 Å². The molecule has 2 aromatic carbocycles. The normalized spacial score (nSPS) is 17.4. The van der Waals surface area contributed by atoms with E-state index in [1.165, 1.54) is 9.80 Å². The third-order valence-corrected chi connectivity index (χ3v) is 8.74. The topological polar surface area (TPSA) is 98.8 Å². The molecule has 2 saturated heterocycles. The molecule has 2 aromatic rings. The average Bonchev–Trinajstić information content (AvgIpc) is 3.29. The molecule has 0 unspecified atom stereocenters. The highest BCUT2D eigenvalue weighted by Gasteiger charge is 2.42. The summed E-state index contributed by atoms with van der Waals surface area (Å²) in [4.78, 5) is 53.8. The van der Waals surface area contributed by atoms with Crippen LogP contribution in [0.25, 0.3) is 0 Å². The summed E-state index contributed by atoms with van der Waals surface area (Å²) in [6, 6.07) is 13.4. The predicted octanol–water partition coefficient (Wildman–Crippen LogP) is 5.28. The number of thiocarbonyl (C=S) groups is 2. The molecule has 2 N–H and O–H groups in total. The minimum absolute atomic E-state index is 0.00503. The molecule has 0 aromatic heterocycles. The van der Waals surface area contributed by atoms with Crippen molar-refractivity contribution in [3.63, 3.8) is 0 Å². The maximum absolute atomic E-state index is 13.1. The van der Waals surface area contributed by atoms with E-state index in [2.05, 4.69) is 10.6 Å². The Morgan fingerprint density at radius 1 is 0.737 bits per heavy atom. The van der Waals surface area contributed by atoms with E-state index in [9.17, 15) is 19.2 Å². The number of nitrogens with zero attached hydrogens (tertiary/aromatic N) is 2. The summed E-state index contributed by atoms with van der Waals surface area (Å²) >= 11 is 24.5. The van der Waals surface area contributed by atoms with Crippen LogP contribution in [0.1, 0.15) is 12.8 Å². The smallest absolute Gasteiger partial charge is 0.267 e. The van der Waals surface area contributed by atoms with E-state index in [1.807, 2.05) is 0 Å². The molecule has 2 aliphatic rings. The Balaban J connectivity index is 1.35. The maximum atomic E-state index is 13.1. The summed E-state index contributed by atoms with van der Waals surface area (Å²) in [5.74, 6) is -1.56.